The maximum atomic E-state index is 13.1. The van der Waals surface area contributed by atoms with Gasteiger partial charge in [0.15, 0.2) is 0 Å². The van der Waals surface area contributed by atoms with Gasteiger partial charge in [-0.25, -0.2) is 0 Å². The van der Waals surface area contributed by atoms with Crippen molar-refractivity contribution in [3.8, 4) is 0 Å². The quantitative estimate of drug-likeness (QED) is 0.830. The molecule has 0 aliphatic carbocycles. The minimum atomic E-state index is -0.335. The van der Waals surface area contributed by atoms with Gasteiger partial charge < -0.3 is 19.4 Å². The Kier molecular flexibility index (Phi) is 4.87. The third-order valence-electron chi connectivity index (χ3n) is 4.97. The summed E-state index contributed by atoms with van der Waals surface area (Å²) in [5.74, 6) is 0.133. The Morgan fingerprint density at radius 3 is 2.78 bits per heavy atom. The summed E-state index contributed by atoms with van der Waals surface area (Å²) in [4.78, 5) is 19.6. The number of para-hydroxylation sites is 1. The zero-order valence-electron chi connectivity index (χ0n) is 14.4. The van der Waals surface area contributed by atoms with Crippen LogP contribution in [-0.2, 0) is 16.1 Å². The molecule has 0 bridgehead atoms. The summed E-state index contributed by atoms with van der Waals surface area (Å²) in [6.07, 6.45) is 0.616. The van der Waals surface area contributed by atoms with Crippen molar-refractivity contribution in [2.24, 2.45) is 0 Å². The van der Waals surface area contributed by atoms with E-state index in [0.717, 1.165) is 19.5 Å². The van der Waals surface area contributed by atoms with Gasteiger partial charge in [0.2, 0.25) is 0 Å². The normalized spacial score (nSPS) is 25.9. The Hall–Kier alpha value is -1.59. The fraction of sp³-hybridized carbons (Fsp3) is 0.611. The van der Waals surface area contributed by atoms with Crippen LogP contribution in [0.4, 0.5) is 5.69 Å². The van der Waals surface area contributed by atoms with Crippen molar-refractivity contribution >= 4 is 11.6 Å². The second-order valence-electron chi connectivity index (χ2n) is 6.66. The fourth-order valence-electron chi connectivity index (χ4n) is 3.56. The minimum absolute atomic E-state index is 0.133. The first kappa shape index (κ1) is 16.3. The Balaban J connectivity index is 1.85. The van der Waals surface area contributed by atoms with E-state index in [0.29, 0.717) is 19.7 Å². The molecule has 1 fully saturated rings. The number of morpholine rings is 1. The molecule has 1 aromatic rings. The van der Waals surface area contributed by atoms with Gasteiger partial charge in [0, 0.05) is 45.0 Å². The lowest BCUT2D eigenvalue weighted by molar-refractivity contribution is -0.151. The van der Waals surface area contributed by atoms with Crippen LogP contribution in [0, 0.1) is 0 Å². The molecular weight excluding hydrogens is 290 g/mol. The van der Waals surface area contributed by atoms with Gasteiger partial charge in [-0.15, -0.1) is 0 Å². The van der Waals surface area contributed by atoms with Crippen LogP contribution in [0.5, 0.6) is 0 Å². The van der Waals surface area contributed by atoms with Gasteiger partial charge in [0.1, 0.15) is 6.10 Å². The highest BCUT2D eigenvalue weighted by molar-refractivity contribution is 5.82. The Bertz CT molecular complexity index is 563. The molecule has 2 aliphatic rings. The molecule has 126 valence electrons. The second-order valence-corrected chi connectivity index (χ2v) is 6.66. The summed E-state index contributed by atoms with van der Waals surface area (Å²) in [7, 11) is 4.16. The van der Waals surface area contributed by atoms with Crippen LogP contribution in [0.25, 0.3) is 0 Å². The standard InChI is InChI=1S/C18H27N3O2/c1-4-15-12-20(3)16-8-6-5-7-14(16)11-21(15)18(22)17-13-19(2)9-10-23-17/h5-8,15,17H,4,9-13H2,1-3H3/t15-,17+/m0/s1. The third kappa shape index (κ3) is 3.35. The number of benzene rings is 1. The zero-order valence-corrected chi connectivity index (χ0v) is 14.4. The van der Waals surface area contributed by atoms with Gasteiger partial charge in [-0.3, -0.25) is 4.79 Å². The molecule has 1 aromatic carbocycles. The lowest BCUT2D eigenvalue weighted by atomic mass is 10.1. The van der Waals surface area contributed by atoms with E-state index in [4.69, 9.17) is 4.74 Å². The molecule has 0 spiro atoms. The molecule has 2 atom stereocenters. The minimum Gasteiger partial charge on any atom is -0.372 e. The predicted octanol–water partition coefficient (Wildman–Crippen LogP) is 1.57. The molecule has 1 saturated heterocycles. The lowest BCUT2D eigenvalue weighted by Crippen LogP contribution is -2.53. The summed E-state index contributed by atoms with van der Waals surface area (Å²) in [5.41, 5.74) is 2.44. The molecule has 1 amide bonds. The molecule has 0 N–H and O–H groups in total. The highest BCUT2D eigenvalue weighted by Crippen LogP contribution is 2.28. The van der Waals surface area contributed by atoms with Crippen LogP contribution >= 0.6 is 0 Å². The molecule has 0 unspecified atom stereocenters. The maximum absolute atomic E-state index is 13.1. The van der Waals surface area contributed by atoms with Crippen LogP contribution in [-0.4, -0.2) is 68.2 Å². The first-order chi connectivity index (χ1) is 11.1. The first-order valence-corrected chi connectivity index (χ1v) is 8.49. The van der Waals surface area contributed by atoms with Crippen molar-refractivity contribution in [2.45, 2.75) is 32.0 Å². The van der Waals surface area contributed by atoms with E-state index in [1.165, 1.54) is 11.3 Å². The lowest BCUT2D eigenvalue weighted by Gasteiger charge is -2.36. The number of amides is 1. The number of carbonyl (C=O) groups is 1. The van der Waals surface area contributed by atoms with Crippen molar-refractivity contribution in [3.05, 3.63) is 29.8 Å². The molecule has 3 rings (SSSR count). The summed E-state index contributed by atoms with van der Waals surface area (Å²) < 4.78 is 5.77. The molecule has 2 aliphatic heterocycles. The summed E-state index contributed by atoms with van der Waals surface area (Å²) in [5, 5.41) is 0. The number of anilines is 1. The third-order valence-corrected chi connectivity index (χ3v) is 4.97. The van der Waals surface area contributed by atoms with E-state index in [1.807, 2.05) is 18.0 Å². The maximum Gasteiger partial charge on any atom is 0.253 e. The average molecular weight is 317 g/mol. The van der Waals surface area contributed by atoms with Gasteiger partial charge >= 0.3 is 0 Å². The summed E-state index contributed by atoms with van der Waals surface area (Å²) in [6.45, 7) is 5.90. The number of likely N-dealkylation sites (N-methyl/N-ethyl adjacent to an activating group) is 2. The molecular formula is C18H27N3O2. The van der Waals surface area contributed by atoms with Crippen molar-refractivity contribution < 1.29 is 9.53 Å². The Labute approximate surface area is 138 Å². The summed E-state index contributed by atoms with van der Waals surface area (Å²) >= 11 is 0. The Morgan fingerprint density at radius 1 is 1.26 bits per heavy atom. The van der Waals surface area contributed by atoms with Crippen LogP contribution in [0.2, 0.25) is 0 Å². The number of hydrogen-bond acceptors (Lipinski definition) is 4. The highest BCUT2D eigenvalue weighted by Gasteiger charge is 2.34. The summed E-state index contributed by atoms with van der Waals surface area (Å²) in [6, 6.07) is 8.59. The fourth-order valence-corrected chi connectivity index (χ4v) is 3.56. The molecule has 0 aromatic heterocycles. The van der Waals surface area contributed by atoms with Crippen LogP contribution in [0.15, 0.2) is 24.3 Å². The van der Waals surface area contributed by atoms with Crippen LogP contribution in [0.3, 0.4) is 0 Å². The number of carbonyl (C=O) groups excluding carboxylic acids is 1. The van der Waals surface area contributed by atoms with Crippen molar-refractivity contribution in [3.63, 3.8) is 0 Å². The number of rotatable bonds is 2. The molecule has 23 heavy (non-hydrogen) atoms. The van der Waals surface area contributed by atoms with Gasteiger partial charge in [0.25, 0.3) is 5.91 Å². The molecule has 2 heterocycles. The number of fused-ring (bicyclic) bond motifs is 1. The second kappa shape index (κ2) is 6.89. The smallest absolute Gasteiger partial charge is 0.253 e. The van der Waals surface area contributed by atoms with Crippen molar-refractivity contribution in [1.29, 1.82) is 0 Å². The van der Waals surface area contributed by atoms with Crippen molar-refractivity contribution in [1.82, 2.24) is 9.80 Å². The monoisotopic (exact) mass is 317 g/mol. The van der Waals surface area contributed by atoms with Crippen LogP contribution < -0.4 is 4.90 Å². The molecule has 5 nitrogen and oxygen atoms in total. The topological polar surface area (TPSA) is 36.0 Å². The molecule has 5 heteroatoms. The van der Waals surface area contributed by atoms with E-state index in [2.05, 4.69) is 42.0 Å². The number of ether oxygens (including phenoxy) is 1. The average Bonchev–Trinajstić information content (AvgIpc) is 2.71. The van der Waals surface area contributed by atoms with E-state index in [9.17, 15) is 4.79 Å². The highest BCUT2D eigenvalue weighted by atomic mass is 16.5. The molecule has 0 saturated carbocycles. The zero-order chi connectivity index (χ0) is 16.4. The first-order valence-electron chi connectivity index (χ1n) is 8.49. The predicted molar refractivity (Wildman–Crippen MR) is 91.6 cm³/mol. The van der Waals surface area contributed by atoms with Gasteiger partial charge in [-0.2, -0.15) is 0 Å². The van der Waals surface area contributed by atoms with Gasteiger partial charge in [0.05, 0.1) is 6.61 Å². The van der Waals surface area contributed by atoms with Gasteiger partial charge in [-0.05, 0) is 25.1 Å². The van der Waals surface area contributed by atoms with Gasteiger partial charge in [-0.1, -0.05) is 25.1 Å². The largest absolute Gasteiger partial charge is 0.372 e. The van der Waals surface area contributed by atoms with Crippen molar-refractivity contribution in [2.75, 3.05) is 45.2 Å². The van der Waals surface area contributed by atoms with E-state index in [-0.39, 0.29) is 18.1 Å². The van der Waals surface area contributed by atoms with E-state index >= 15 is 0 Å². The van der Waals surface area contributed by atoms with E-state index in [1.54, 1.807) is 0 Å². The molecule has 0 radical (unpaired) electrons. The number of nitrogens with zero attached hydrogens (tertiary/aromatic N) is 3. The SMILES string of the molecule is CC[C@H]1CN(C)c2ccccc2CN1C(=O)[C@H]1CN(C)CCO1. The van der Waals surface area contributed by atoms with E-state index < -0.39 is 0 Å². The number of hydrogen-bond donors (Lipinski definition) is 0. The Morgan fingerprint density at radius 2 is 2.04 bits per heavy atom. The van der Waals surface area contributed by atoms with Crippen LogP contribution in [0.1, 0.15) is 18.9 Å².